The highest BCUT2D eigenvalue weighted by molar-refractivity contribution is 7.99. The molecule has 184 valence electrons. The number of benzene rings is 3. The van der Waals surface area contributed by atoms with Gasteiger partial charge in [-0.2, -0.15) is 0 Å². The molecule has 0 saturated carbocycles. The summed E-state index contributed by atoms with van der Waals surface area (Å²) < 4.78 is 7.88. The zero-order valence-electron chi connectivity index (χ0n) is 19.3. The van der Waals surface area contributed by atoms with Crippen LogP contribution >= 0.6 is 23.4 Å². The molecule has 1 heterocycles. The minimum absolute atomic E-state index is 0.00105. The van der Waals surface area contributed by atoms with Gasteiger partial charge in [0.1, 0.15) is 12.4 Å². The summed E-state index contributed by atoms with van der Waals surface area (Å²) in [5.41, 5.74) is 1.04. The Morgan fingerprint density at radius 2 is 2.06 bits per heavy atom. The van der Waals surface area contributed by atoms with Gasteiger partial charge in [0.05, 0.1) is 21.4 Å². The summed E-state index contributed by atoms with van der Waals surface area (Å²) in [6.07, 6.45) is 1.71. The Kier molecular flexibility index (Phi) is 7.87. The van der Waals surface area contributed by atoms with Crippen LogP contribution in [0.5, 0.6) is 5.75 Å². The summed E-state index contributed by atoms with van der Waals surface area (Å²) in [7, 11) is 0. The molecule has 0 fully saturated rings. The molecule has 0 radical (unpaired) electrons. The lowest BCUT2D eigenvalue weighted by Gasteiger charge is -2.12. The van der Waals surface area contributed by atoms with Crippen LogP contribution in [0.25, 0.3) is 10.8 Å². The van der Waals surface area contributed by atoms with Crippen molar-refractivity contribution in [3.8, 4) is 5.75 Å². The van der Waals surface area contributed by atoms with Crippen LogP contribution < -0.4 is 10.1 Å². The molecule has 0 unspecified atom stereocenters. The van der Waals surface area contributed by atoms with E-state index in [4.69, 9.17) is 16.3 Å². The second-order valence-corrected chi connectivity index (χ2v) is 9.10. The van der Waals surface area contributed by atoms with E-state index >= 15 is 0 Å². The number of hydrogen-bond donors (Lipinski definition) is 1. The van der Waals surface area contributed by atoms with Crippen molar-refractivity contribution in [2.24, 2.45) is 0 Å². The van der Waals surface area contributed by atoms with Crippen LogP contribution in [0.4, 0.5) is 11.4 Å². The van der Waals surface area contributed by atoms with E-state index in [1.165, 1.54) is 30.0 Å². The first-order chi connectivity index (χ1) is 17.4. The molecule has 36 heavy (non-hydrogen) atoms. The average Bonchev–Trinajstić information content (AvgIpc) is 3.25. The summed E-state index contributed by atoms with van der Waals surface area (Å²) in [6.45, 7) is 6.43. The number of nitro benzene ring substituents is 1. The quantitative estimate of drug-likeness (QED) is 0.121. The summed E-state index contributed by atoms with van der Waals surface area (Å²) in [4.78, 5) is 22.9. The Morgan fingerprint density at radius 1 is 1.25 bits per heavy atom. The topological polar surface area (TPSA) is 112 Å². The Bertz CT molecular complexity index is 1460. The highest BCUT2D eigenvalue weighted by Crippen LogP contribution is 2.29. The number of aromatic nitrogens is 3. The molecule has 1 amide bonds. The lowest BCUT2D eigenvalue weighted by atomic mass is 10.0. The van der Waals surface area contributed by atoms with Crippen molar-refractivity contribution in [3.05, 3.63) is 93.8 Å². The largest absolute Gasteiger partial charge is 0.485 e. The molecule has 0 aliphatic rings. The number of aryl methyl sites for hydroxylation is 1. The number of hydrogen-bond acceptors (Lipinski definition) is 7. The number of halogens is 1. The zero-order valence-corrected chi connectivity index (χ0v) is 20.9. The number of amides is 1. The van der Waals surface area contributed by atoms with Gasteiger partial charge in [0, 0.05) is 18.7 Å². The van der Waals surface area contributed by atoms with E-state index in [1.807, 2.05) is 35.8 Å². The number of ether oxygens (including phenoxy) is 1. The Hall–Kier alpha value is -3.89. The number of carbonyl (C=O) groups excluding carboxylic acids is 1. The minimum Gasteiger partial charge on any atom is -0.485 e. The van der Waals surface area contributed by atoms with Gasteiger partial charge in [0.25, 0.3) is 5.69 Å². The van der Waals surface area contributed by atoms with Crippen molar-refractivity contribution in [3.63, 3.8) is 0 Å². The van der Waals surface area contributed by atoms with Crippen LogP contribution in [0.1, 0.15) is 11.4 Å². The van der Waals surface area contributed by atoms with E-state index in [2.05, 4.69) is 34.2 Å². The number of non-ortho nitro benzene ring substituents is 1. The van der Waals surface area contributed by atoms with Crippen molar-refractivity contribution < 1.29 is 14.5 Å². The predicted molar refractivity (Wildman–Crippen MR) is 141 cm³/mol. The minimum atomic E-state index is -0.554. The van der Waals surface area contributed by atoms with Crippen molar-refractivity contribution in [2.45, 2.75) is 25.2 Å². The number of nitrogens with zero attached hydrogens (tertiary/aromatic N) is 4. The number of nitrogens with one attached hydrogen (secondary N) is 1. The molecule has 4 aromatic rings. The number of fused-ring (bicyclic) bond motifs is 1. The molecule has 4 rings (SSSR count). The molecule has 0 atom stereocenters. The number of carbonyl (C=O) groups is 1. The van der Waals surface area contributed by atoms with Crippen LogP contribution in [0.3, 0.4) is 0 Å². The van der Waals surface area contributed by atoms with E-state index in [0.717, 1.165) is 22.1 Å². The fourth-order valence-corrected chi connectivity index (χ4v) is 4.52. The van der Waals surface area contributed by atoms with Crippen molar-refractivity contribution in [1.29, 1.82) is 0 Å². The molecule has 1 aromatic heterocycles. The summed E-state index contributed by atoms with van der Waals surface area (Å²) >= 11 is 7.24. The summed E-state index contributed by atoms with van der Waals surface area (Å²) in [5.74, 6) is 0.954. The third-order valence-corrected chi connectivity index (χ3v) is 6.67. The maximum Gasteiger partial charge on any atom is 0.271 e. The number of rotatable bonds is 10. The second kappa shape index (κ2) is 11.2. The Labute approximate surface area is 216 Å². The molecule has 1 N–H and O–H groups in total. The first-order valence-electron chi connectivity index (χ1n) is 10.9. The first-order valence-corrected chi connectivity index (χ1v) is 12.2. The van der Waals surface area contributed by atoms with Gasteiger partial charge in [-0.05, 0) is 35.4 Å². The Morgan fingerprint density at radius 3 is 2.83 bits per heavy atom. The van der Waals surface area contributed by atoms with Gasteiger partial charge in [-0.1, -0.05) is 59.8 Å². The molecule has 0 saturated heterocycles. The molecule has 0 aliphatic heterocycles. The first kappa shape index (κ1) is 25.2. The molecule has 0 spiro atoms. The maximum atomic E-state index is 12.5. The fourth-order valence-electron chi connectivity index (χ4n) is 3.59. The third-order valence-electron chi connectivity index (χ3n) is 5.38. The second-order valence-electron chi connectivity index (χ2n) is 7.75. The molecule has 9 nitrogen and oxygen atoms in total. The predicted octanol–water partition coefficient (Wildman–Crippen LogP) is 5.80. The van der Waals surface area contributed by atoms with E-state index in [9.17, 15) is 14.9 Å². The maximum absolute atomic E-state index is 12.5. The highest BCUT2D eigenvalue weighted by atomic mass is 35.5. The van der Waals surface area contributed by atoms with Crippen LogP contribution in [-0.2, 0) is 17.9 Å². The number of anilines is 1. The van der Waals surface area contributed by atoms with Crippen molar-refractivity contribution >= 4 is 51.4 Å². The standard InChI is InChI=1S/C25H22ClN5O4S/c1-3-12-30-23(14-35-22-11-8-17-6-4-5-7-19(17)16(22)2)28-29-25(30)36-15-24(32)27-21-13-18(31(33)34)9-10-20(21)26/h3-11,13H,1,12,14-15H2,2H3,(H,27,32). The smallest absolute Gasteiger partial charge is 0.271 e. The van der Waals surface area contributed by atoms with E-state index in [0.29, 0.717) is 17.5 Å². The van der Waals surface area contributed by atoms with Gasteiger partial charge in [-0.3, -0.25) is 19.5 Å². The number of thioether (sulfide) groups is 1. The van der Waals surface area contributed by atoms with Crippen molar-refractivity contribution in [1.82, 2.24) is 14.8 Å². The van der Waals surface area contributed by atoms with E-state index in [-0.39, 0.29) is 34.7 Å². The van der Waals surface area contributed by atoms with Gasteiger partial charge < -0.3 is 10.1 Å². The third kappa shape index (κ3) is 5.67. The molecule has 0 bridgehead atoms. The van der Waals surface area contributed by atoms with Crippen LogP contribution in [0.2, 0.25) is 5.02 Å². The van der Waals surface area contributed by atoms with Gasteiger partial charge in [-0.15, -0.1) is 16.8 Å². The van der Waals surface area contributed by atoms with Gasteiger partial charge in [-0.25, -0.2) is 0 Å². The van der Waals surface area contributed by atoms with Crippen LogP contribution in [0.15, 0.2) is 72.4 Å². The molecule has 0 aliphatic carbocycles. The molecular formula is C25H22ClN5O4S. The van der Waals surface area contributed by atoms with E-state index < -0.39 is 4.92 Å². The summed E-state index contributed by atoms with van der Waals surface area (Å²) in [6, 6.07) is 15.9. The van der Waals surface area contributed by atoms with Crippen molar-refractivity contribution in [2.75, 3.05) is 11.1 Å². The van der Waals surface area contributed by atoms with E-state index in [1.54, 1.807) is 6.08 Å². The molecular weight excluding hydrogens is 502 g/mol. The molecule has 3 aromatic carbocycles. The SMILES string of the molecule is C=CCn1c(COc2ccc3ccccc3c2C)nnc1SCC(=O)Nc1cc([N+](=O)[O-])ccc1Cl. The highest BCUT2D eigenvalue weighted by Gasteiger charge is 2.17. The number of allylic oxidation sites excluding steroid dienone is 1. The van der Waals surface area contributed by atoms with Crippen LogP contribution in [0, 0.1) is 17.0 Å². The van der Waals surface area contributed by atoms with Gasteiger partial charge >= 0.3 is 0 Å². The van der Waals surface area contributed by atoms with Crippen LogP contribution in [-0.4, -0.2) is 31.3 Å². The zero-order chi connectivity index (χ0) is 25.7. The lowest BCUT2D eigenvalue weighted by Crippen LogP contribution is -2.15. The monoisotopic (exact) mass is 523 g/mol. The fraction of sp³-hybridized carbons (Fsp3) is 0.160. The van der Waals surface area contributed by atoms with Gasteiger partial charge in [0.2, 0.25) is 5.91 Å². The molecule has 11 heteroatoms. The normalized spacial score (nSPS) is 10.8. The number of nitro groups is 1. The lowest BCUT2D eigenvalue weighted by molar-refractivity contribution is -0.384. The Balaban J connectivity index is 1.43. The summed E-state index contributed by atoms with van der Waals surface area (Å²) in [5, 5.41) is 25.0. The average molecular weight is 524 g/mol. The van der Waals surface area contributed by atoms with Gasteiger partial charge in [0.15, 0.2) is 11.0 Å².